The Kier molecular flexibility index (Phi) is 4.97. The average Bonchev–Trinajstić information content (AvgIpc) is 2.53. The first-order valence-corrected chi connectivity index (χ1v) is 10.4. The van der Waals surface area contributed by atoms with E-state index in [0.717, 1.165) is 24.3 Å². The summed E-state index contributed by atoms with van der Waals surface area (Å²) in [5, 5.41) is 0. The van der Waals surface area contributed by atoms with Crippen molar-refractivity contribution in [1.29, 1.82) is 0 Å². The summed E-state index contributed by atoms with van der Waals surface area (Å²) >= 11 is 6.08. The molecule has 0 bridgehead atoms. The highest BCUT2D eigenvalue weighted by atomic mass is 35.5. The number of rotatable bonds is 4. The van der Waals surface area contributed by atoms with E-state index in [1.54, 1.807) is 0 Å². The first-order chi connectivity index (χ1) is 11.3. The number of hydrogen-bond donors (Lipinski definition) is 0. The largest absolute Gasteiger partial charge is 0.416 e. The summed E-state index contributed by atoms with van der Waals surface area (Å²) in [7, 11) is -9.14. The predicted molar refractivity (Wildman–Crippen MR) is 87.4 cm³/mol. The van der Waals surface area contributed by atoms with E-state index >= 15 is 0 Å². The van der Waals surface area contributed by atoms with E-state index in [1.807, 2.05) is 0 Å². The van der Waals surface area contributed by atoms with E-state index in [0.29, 0.717) is 18.4 Å². The van der Waals surface area contributed by atoms with Crippen LogP contribution in [0.5, 0.6) is 0 Å². The molecule has 0 aliphatic rings. The van der Waals surface area contributed by atoms with Crippen molar-refractivity contribution in [2.75, 3.05) is 6.26 Å². The molecular formula is C15H12ClF3O4S2. The van der Waals surface area contributed by atoms with Crippen LogP contribution < -0.4 is 0 Å². The van der Waals surface area contributed by atoms with E-state index in [1.165, 1.54) is 18.2 Å². The number of halogens is 4. The van der Waals surface area contributed by atoms with Gasteiger partial charge in [-0.2, -0.15) is 13.2 Å². The molecule has 0 aromatic heterocycles. The minimum atomic E-state index is -4.66. The van der Waals surface area contributed by atoms with Crippen LogP contribution in [-0.2, 0) is 29.4 Å². The van der Waals surface area contributed by atoms with Crippen molar-refractivity contribution >= 4 is 31.3 Å². The van der Waals surface area contributed by atoms with Crippen LogP contribution in [0, 0.1) is 0 Å². The van der Waals surface area contributed by atoms with Gasteiger partial charge in [0.1, 0.15) is 0 Å². The standard InChI is InChI=1S/C15H12ClF3O4S2/c1-24(20,21)14(16,25(22,23)13-5-3-2-4-6-13)11-7-9-12(10-8-11)15(17,18)19/h2-10H,1H3. The zero-order valence-corrected chi connectivity index (χ0v) is 15.0. The Morgan fingerprint density at radius 3 is 1.64 bits per heavy atom. The van der Waals surface area contributed by atoms with Crippen molar-refractivity contribution in [3.8, 4) is 0 Å². The molecule has 2 rings (SSSR count). The molecule has 2 aromatic rings. The fourth-order valence-corrected chi connectivity index (χ4v) is 6.28. The lowest BCUT2D eigenvalue weighted by molar-refractivity contribution is -0.137. The van der Waals surface area contributed by atoms with Crippen LogP contribution in [0.25, 0.3) is 0 Å². The van der Waals surface area contributed by atoms with Gasteiger partial charge < -0.3 is 0 Å². The SMILES string of the molecule is CS(=O)(=O)C(Cl)(c1ccc(C(F)(F)F)cc1)S(=O)(=O)c1ccccc1. The molecule has 0 saturated carbocycles. The number of benzene rings is 2. The molecule has 136 valence electrons. The van der Waals surface area contributed by atoms with Gasteiger partial charge in [-0.15, -0.1) is 0 Å². The molecular weight excluding hydrogens is 401 g/mol. The summed E-state index contributed by atoms with van der Waals surface area (Å²) in [6, 6.07) is 9.24. The van der Waals surface area contributed by atoms with Crippen LogP contribution in [0.15, 0.2) is 59.5 Å². The molecule has 0 saturated heterocycles. The van der Waals surface area contributed by atoms with Gasteiger partial charge in [0.15, 0.2) is 9.84 Å². The van der Waals surface area contributed by atoms with E-state index in [9.17, 15) is 30.0 Å². The van der Waals surface area contributed by atoms with Crippen molar-refractivity contribution in [1.82, 2.24) is 0 Å². The molecule has 0 amide bonds. The normalized spacial score (nSPS) is 15.6. The van der Waals surface area contributed by atoms with Crippen LogP contribution in [0.3, 0.4) is 0 Å². The Morgan fingerprint density at radius 2 is 1.24 bits per heavy atom. The fraction of sp³-hybridized carbons (Fsp3) is 0.200. The van der Waals surface area contributed by atoms with Gasteiger partial charge in [-0.05, 0) is 24.3 Å². The lowest BCUT2D eigenvalue weighted by Crippen LogP contribution is -2.38. The average molecular weight is 413 g/mol. The quantitative estimate of drug-likeness (QED) is 0.720. The van der Waals surface area contributed by atoms with Gasteiger partial charge >= 0.3 is 6.18 Å². The van der Waals surface area contributed by atoms with Gasteiger partial charge in [0.05, 0.1) is 10.5 Å². The Hall–Kier alpha value is -1.58. The predicted octanol–water partition coefficient (Wildman–Crippen LogP) is 3.57. The first-order valence-electron chi connectivity index (χ1n) is 6.68. The maximum Gasteiger partial charge on any atom is 0.416 e. The van der Waals surface area contributed by atoms with E-state index in [-0.39, 0.29) is 4.90 Å². The molecule has 0 fully saturated rings. The molecule has 0 spiro atoms. The van der Waals surface area contributed by atoms with Crippen LogP contribution >= 0.6 is 11.6 Å². The van der Waals surface area contributed by atoms with Crippen molar-refractivity contribution in [2.24, 2.45) is 0 Å². The molecule has 0 aliphatic carbocycles. The topological polar surface area (TPSA) is 68.3 Å². The van der Waals surface area contributed by atoms with Crippen LogP contribution in [-0.4, -0.2) is 23.1 Å². The monoisotopic (exact) mass is 412 g/mol. The Labute approximate surface area is 148 Å². The first kappa shape index (κ1) is 19.7. The molecule has 0 N–H and O–H groups in total. The van der Waals surface area contributed by atoms with Crippen LogP contribution in [0.4, 0.5) is 13.2 Å². The molecule has 2 aromatic carbocycles. The summed E-state index contributed by atoms with van der Waals surface area (Å²) in [6.07, 6.45) is -4.05. The Bertz CT molecular complexity index is 970. The van der Waals surface area contributed by atoms with Gasteiger partial charge in [-0.1, -0.05) is 41.9 Å². The Morgan fingerprint density at radius 1 is 0.800 bits per heavy atom. The highest BCUT2D eigenvalue weighted by Gasteiger charge is 2.54. The highest BCUT2D eigenvalue weighted by Crippen LogP contribution is 2.44. The van der Waals surface area contributed by atoms with Crippen LogP contribution in [0.1, 0.15) is 11.1 Å². The summed E-state index contributed by atoms with van der Waals surface area (Å²) in [5.74, 6) is 0. The second kappa shape index (κ2) is 6.30. The van der Waals surface area contributed by atoms with Gasteiger partial charge in [0.2, 0.25) is 9.84 Å². The van der Waals surface area contributed by atoms with Gasteiger partial charge in [0, 0.05) is 11.8 Å². The minimum absolute atomic E-state index is 0.365. The summed E-state index contributed by atoms with van der Waals surface area (Å²) in [6.45, 7) is 0. The summed E-state index contributed by atoms with van der Waals surface area (Å²) in [5.41, 5.74) is -1.55. The van der Waals surface area contributed by atoms with E-state index < -0.39 is 40.5 Å². The molecule has 1 unspecified atom stereocenters. The maximum absolute atomic E-state index is 12.8. The smallest absolute Gasteiger partial charge is 0.226 e. The molecule has 0 aliphatic heterocycles. The van der Waals surface area contributed by atoms with E-state index in [4.69, 9.17) is 11.6 Å². The summed E-state index contributed by atoms with van der Waals surface area (Å²) < 4.78 is 85.2. The second-order valence-electron chi connectivity index (χ2n) is 5.20. The fourth-order valence-electron chi connectivity index (χ4n) is 2.18. The zero-order valence-electron chi connectivity index (χ0n) is 12.7. The molecule has 0 radical (unpaired) electrons. The second-order valence-corrected chi connectivity index (χ2v) is 10.7. The van der Waals surface area contributed by atoms with Gasteiger partial charge in [0.25, 0.3) is 3.54 Å². The van der Waals surface area contributed by atoms with Crippen LogP contribution in [0.2, 0.25) is 0 Å². The maximum atomic E-state index is 12.8. The minimum Gasteiger partial charge on any atom is -0.226 e. The van der Waals surface area contributed by atoms with Crippen molar-refractivity contribution < 1.29 is 30.0 Å². The van der Waals surface area contributed by atoms with Gasteiger partial charge in [-0.3, -0.25) is 0 Å². The number of sulfone groups is 2. The van der Waals surface area contributed by atoms with Crippen molar-refractivity contribution in [2.45, 2.75) is 14.6 Å². The Balaban J connectivity index is 2.73. The van der Waals surface area contributed by atoms with Crippen molar-refractivity contribution in [3.05, 3.63) is 65.7 Å². The third-order valence-corrected chi connectivity index (χ3v) is 9.68. The molecule has 4 nitrogen and oxygen atoms in total. The molecule has 10 heteroatoms. The van der Waals surface area contributed by atoms with E-state index in [2.05, 4.69) is 0 Å². The third kappa shape index (κ3) is 3.40. The number of hydrogen-bond acceptors (Lipinski definition) is 4. The lowest BCUT2D eigenvalue weighted by atomic mass is 10.1. The third-order valence-electron chi connectivity index (χ3n) is 3.43. The lowest BCUT2D eigenvalue weighted by Gasteiger charge is -2.26. The molecule has 0 heterocycles. The van der Waals surface area contributed by atoms with Crippen molar-refractivity contribution in [3.63, 3.8) is 0 Å². The number of alkyl halides is 4. The molecule has 25 heavy (non-hydrogen) atoms. The van der Waals surface area contributed by atoms with Gasteiger partial charge in [-0.25, -0.2) is 16.8 Å². The summed E-state index contributed by atoms with van der Waals surface area (Å²) in [4.78, 5) is -0.365. The zero-order chi connectivity index (χ0) is 19.1. The molecule has 1 atom stereocenters. The highest BCUT2D eigenvalue weighted by molar-refractivity contribution is 8.11.